The Labute approximate surface area is 112 Å². The number of hydrogen-bond acceptors (Lipinski definition) is 6. The van der Waals surface area contributed by atoms with Gasteiger partial charge >= 0.3 is 5.97 Å². The Balaban J connectivity index is 2.59. The van der Waals surface area contributed by atoms with Crippen molar-refractivity contribution < 1.29 is 28.8 Å². The third-order valence-electron chi connectivity index (χ3n) is 2.51. The van der Waals surface area contributed by atoms with Gasteiger partial charge < -0.3 is 24.1 Å². The molecule has 18 heavy (non-hydrogen) atoms. The van der Waals surface area contributed by atoms with Gasteiger partial charge in [0, 0.05) is 6.07 Å². The third kappa shape index (κ3) is 1.99. The van der Waals surface area contributed by atoms with E-state index < -0.39 is 12.1 Å². The molecular formula is C11H11BrO6. The van der Waals surface area contributed by atoms with Gasteiger partial charge in [0.15, 0.2) is 17.6 Å². The molecule has 2 rings (SSSR count). The highest BCUT2D eigenvalue weighted by Gasteiger charge is 2.32. The number of fused-ring (bicyclic) bond motifs is 1. The summed E-state index contributed by atoms with van der Waals surface area (Å²) in [6.07, 6.45) is -1.50. The molecule has 1 aliphatic rings. The number of esters is 1. The molecule has 0 saturated heterocycles. The van der Waals surface area contributed by atoms with Gasteiger partial charge in [-0.05, 0) is 15.9 Å². The minimum atomic E-state index is -1.50. The highest BCUT2D eigenvalue weighted by molar-refractivity contribution is 9.10. The van der Waals surface area contributed by atoms with Crippen molar-refractivity contribution in [2.24, 2.45) is 0 Å². The minimum Gasteiger partial charge on any atom is -0.495 e. The predicted molar refractivity (Wildman–Crippen MR) is 63.8 cm³/mol. The van der Waals surface area contributed by atoms with Gasteiger partial charge in [-0.2, -0.15) is 0 Å². The first kappa shape index (κ1) is 13.0. The summed E-state index contributed by atoms with van der Waals surface area (Å²) in [5.74, 6) is 0.217. The summed E-state index contributed by atoms with van der Waals surface area (Å²) in [6, 6.07) is 1.65. The van der Waals surface area contributed by atoms with Gasteiger partial charge in [-0.15, -0.1) is 0 Å². The number of carbonyl (C=O) groups is 1. The molecule has 1 aromatic rings. The number of benzene rings is 1. The molecule has 0 aliphatic carbocycles. The number of ether oxygens (including phenoxy) is 4. The first-order valence-corrected chi connectivity index (χ1v) is 5.81. The standard InChI is InChI=1S/C11H11BrO6/c1-15-9-5(12)3-6-10(18-4-17-6)7(9)8(13)11(14)16-2/h3,8,13H,4H2,1-2H3. The fourth-order valence-electron chi connectivity index (χ4n) is 1.70. The summed E-state index contributed by atoms with van der Waals surface area (Å²) in [5, 5.41) is 9.98. The van der Waals surface area contributed by atoms with Crippen molar-refractivity contribution in [3.8, 4) is 17.2 Å². The topological polar surface area (TPSA) is 74.2 Å². The lowest BCUT2D eigenvalue weighted by Gasteiger charge is -2.16. The number of hydrogen-bond donors (Lipinski definition) is 1. The van der Waals surface area contributed by atoms with Crippen LogP contribution >= 0.6 is 15.9 Å². The molecule has 0 bridgehead atoms. The van der Waals surface area contributed by atoms with E-state index in [-0.39, 0.29) is 18.1 Å². The zero-order chi connectivity index (χ0) is 13.3. The summed E-state index contributed by atoms with van der Waals surface area (Å²) >= 11 is 3.28. The lowest BCUT2D eigenvalue weighted by molar-refractivity contribution is -0.150. The van der Waals surface area contributed by atoms with Crippen LogP contribution in [0.25, 0.3) is 0 Å². The summed E-state index contributed by atoms with van der Waals surface area (Å²) in [4.78, 5) is 11.5. The average Bonchev–Trinajstić information content (AvgIpc) is 2.82. The number of rotatable bonds is 3. The second kappa shape index (κ2) is 5.03. The van der Waals surface area contributed by atoms with E-state index in [1.54, 1.807) is 6.07 Å². The van der Waals surface area contributed by atoms with Crippen LogP contribution < -0.4 is 14.2 Å². The third-order valence-corrected chi connectivity index (χ3v) is 3.10. The van der Waals surface area contributed by atoms with Crippen LogP contribution in [0.1, 0.15) is 11.7 Å². The second-order valence-electron chi connectivity index (χ2n) is 3.46. The van der Waals surface area contributed by atoms with Crippen LogP contribution in [0.2, 0.25) is 0 Å². The van der Waals surface area contributed by atoms with Crippen LogP contribution in [0.5, 0.6) is 17.2 Å². The molecule has 7 heteroatoms. The molecule has 98 valence electrons. The molecule has 0 aromatic heterocycles. The monoisotopic (exact) mass is 318 g/mol. The Hall–Kier alpha value is -1.47. The van der Waals surface area contributed by atoms with Crippen molar-refractivity contribution in [1.29, 1.82) is 0 Å². The molecule has 0 saturated carbocycles. The van der Waals surface area contributed by atoms with Gasteiger partial charge in [0.25, 0.3) is 0 Å². The molecule has 6 nitrogen and oxygen atoms in total. The second-order valence-corrected chi connectivity index (χ2v) is 4.32. The van der Waals surface area contributed by atoms with E-state index in [0.717, 1.165) is 0 Å². The lowest BCUT2D eigenvalue weighted by atomic mass is 10.1. The molecule has 0 spiro atoms. The highest BCUT2D eigenvalue weighted by atomic mass is 79.9. The van der Waals surface area contributed by atoms with E-state index in [1.807, 2.05) is 0 Å². The zero-order valence-electron chi connectivity index (χ0n) is 9.73. The number of halogens is 1. The predicted octanol–water partition coefficient (Wildman–Crippen LogP) is 1.39. The lowest BCUT2D eigenvalue weighted by Crippen LogP contribution is -2.15. The van der Waals surface area contributed by atoms with Crippen molar-refractivity contribution >= 4 is 21.9 Å². The molecule has 0 amide bonds. The fourth-order valence-corrected chi connectivity index (χ4v) is 2.29. The van der Waals surface area contributed by atoms with E-state index in [1.165, 1.54) is 14.2 Å². The van der Waals surface area contributed by atoms with Gasteiger partial charge in [-0.25, -0.2) is 4.79 Å². The van der Waals surface area contributed by atoms with Gasteiger partial charge in [0.05, 0.1) is 24.3 Å². The molecule has 0 fully saturated rings. The number of methoxy groups -OCH3 is 2. The Morgan fingerprint density at radius 2 is 2.22 bits per heavy atom. The van der Waals surface area contributed by atoms with Gasteiger partial charge in [0.1, 0.15) is 5.75 Å². The van der Waals surface area contributed by atoms with Crippen LogP contribution in [0.15, 0.2) is 10.5 Å². The van der Waals surface area contributed by atoms with Crippen molar-refractivity contribution in [3.63, 3.8) is 0 Å². The summed E-state index contributed by atoms with van der Waals surface area (Å²) < 4.78 is 20.7. The molecule has 1 N–H and O–H groups in total. The number of carbonyl (C=O) groups excluding carboxylic acids is 1. The Morgan fingerprint density at radius 1 is 1.50 bits per heavy atom. The molecule has 1 aromatic carbocycles. The molecular weight excluding hydrogens is 308 g/mol. The fraction of sp³-hybridized carbons (Fsp3) is 0.364. The molecule has 1 atom stereocenters. The largest absolute Gasteiger partial charge is 0.495 e. The van der Waals surface area contributed by atoms with Crippen LogP contribution in [-0.4, -0.2) is 32.1 Å². The number of aliphatic hydroxyl groups is 1. The normalized spacial score (nSPS) is 14.2. The van der Waals surface area contributed by atoms with Crippen LogP contribution in [-0.2, 0) is 9.53 Å². The van der Waals surface area contributed by atoms with E-state index in [0.29, 0.717) is 16.0 Å². The van der Waals surface area contributed by atoms with Crippen molar-refractivity contribution in [2.75, 3.05) is 21.0 Å². The first-order chi connectivity index (χ1) is 8.60. The van der Waals surface area contributed by atoms with Crippen LogP contribution in [0.4, 0.5) is 0 Å². The smallest absolute Gasteiger partial charge is 0.339 e. The van der Waals surface area contributed by atoms with Gasteiger partial charge in [-0.3, -0.25) is 0 Å². The van der Waals surface area contributed by atoms with Crippen LogP contribution in [0, 0.1) is 0 Å². The van der Waals surface area contributed by atoms with Crippen molar-refractivity contribution in [1.82, 2.24) is 0 Å². The summed E-state index contributed by atoms with van der Waals surface area (Å²) in [7, 11) is 2.61. The van der Waals surface area contributed by atoms with Crippen LogP contribution in [0.3, 0.4) is 0 Å². The Morgan fingerprint density at radius 3 is 2.83 bits per heavy atom. The van der Waals surface area contributed by atoms with E-state index in [4.69, 9.17) is 14.2 Å². The quantitative estimate of drug-likeness (QED) is 0.849. The zero-order valence-corrected chi connectivity index (χ0v) is 11.3. The minimum absolute atomic E-state index is 0.0236. The van der Waals surface area contributed by atoms with Gasteiger partial charge in [0.2, 0.25) is 6.79 Å². The Kier molecular flexibility index (Phi) is 3.63. The maximum Gasteiger partial charge on any atom is 0.339 e. The maximum absolute atomic E-state index is 11.5. The molecule has 1 heterocycles. The summed E-state index contributed by atoms with van der Waals surface area (Å²) in [6.45, 7) is 0.0236. The average molecular weight is 319 g/mol. The van der Waals surface area contributed by atoms with E-state index in [2.05, 4.69) is 20.7 Å². The summed E-state index contributed by atoms with van der Waals surface area (Å²) in [5.41, 5.74) is 0.186. The van der Waals surface area contributed by atoms with Crippen molar-refractivity contribution in [3.05, 3.63) is 16.1 Å². The van der Waals surface area contributed by atoms with Gasteiger partial charge in [-0.1, -0.05) is 0 Å². The molecule has 1 aliphatic heterocycles. The first-order valence-electron chi connectivity index (χ1n) is 5.02. The Bertz CT molecular complexity index is 483. The van der Waals surface area contributed by atoms with E-state index in [9.17, 15) is 9.90 Å². The highest BCUT2D eigenvalue weighted by Crippen LogP contribution is 2.48. The molecule has 0 radical (unpaired) electrons. The SMILES string of the molecule is COC(=O)C(O)c1c(OC)c(Br)cc2c1OCO2. The molecule has 1 unspecified atom stereocenters. The van der Waals surface area contributed by atoms with Crippen molar-refractivity contribution in [2.45, 2.75) is 6.10 Å². The maximum atomic E-state index is 11.5. The van der Waals surface area contributed by atoms with E-state index >= 15 is 0 Å². The number of aliphatic hydroxyl groups excluding tert-OH is 1.